The van der Waals surface area contributed by atoms with Gasteiger partial charge in [-0.1, -0.05) is 0 Å². The van der Waals surface area contributed by atoms with Crippen molar-refractivity contribution in [3.8, 4) is 0 Å². The van der Waals surface area contributed by atoms with E-state index < -0.39 is 17.6 Å². The van der Waals surface area contributed by atoms with E-state index in [2.05, 4.69) is 10.6 Å². The lowest BCUT2D eigenvalue weighted by atomic mass is 10.1. The Bertz CT molecular complexity index is 499. The summed E-state index contributed by atoms with van der Waals surface area (Å²) in [6.45, 7) is 1.62. The van der Waals surface area contributed by atoms with Gasteiger partial charge in [-0.05, 0) is 66.7 Å². The maximum absolute atomic E-state index is 12.7. The van der Waals surface area contributed by atoms with Gasteiger partial charge in [0.15, 0.2) is 0 Å². The highest BCUT2D eigenvalue weighted by Gasteiger charge is 2.31. The molecule has 110 valence electrons. The van der Waals surface area contributed by atoms with Gasteiger partial charge in [0.1, 0.15) is 0 Å². The van der Waals surface area contributed by atoms with Crippen LogP contribution in [0.4, 0.5) is 13.2 Å². The second-order valence-electron chi connectivity index (χ2n) is 4.72. The lowest BCUT2D eigenvalue weighted by Crippen LogP contribution is -2.42. The van der Waals surface area contributed by atoms with E-state index in [0.29, 0.717) is 3.57 Å². The van der Waals surface area contributed by atoms with Gasteiger partial charge in [0.2, 0.25) is 0 Å². The maximum atomic E-state index is 12.7. The van der Waals surface area contributed by atoms with E-state index in [1.807, 2.05) is 0 Å². The van der Waals surface area contributed by atoms with Crippen molar-refractivity contribution in [3.63, 3.8) is 0 Å². The molecule has 1 aliphatic heterocycles. The third-order valence-corrected chi connectivity index (χ3v) is 3.78. The third-order valence-electron chi connectivity index (χ3n) is 3.16. The van der Waals surface area contributed by atoms with Crippen LogP contribution in [-0.2, 0) is 6.18 Å². The van der Waals surface area contributed by atoms with Crippen molar-refractivity contribution in [3.05, 3.63) is 32.9 Å². The normalized spacial score (nSPS) is 17.0. The molecule has 1 aromatic carbocycles. The van der Waals surface area contributed by atoms with Crippen molar-refractivity contribution in [2.24, 2.45) is 0 Å². The molecule has 3 nitrogen and oxygen atoms in total. The monoisotopic (exact) mass is 398 g/mol. The first-order valence-corrected chi connectivity index (χ1v) is 7.33. The first kappa shape index (κ1) is 15.6. The number of piperidine rings is 1. The van der Waals surface area contributed by atoms with Gasteiger partial charge in [0, 0.05) is 15.2 Å². The van der Waals surface area contributed by atoms with Gasteiger partial charge in [-0.3, -0.25) is 4.79 Å². The van der Waals surface area contributed by atoms with Crippen molar-refractivity contribution >= 4 is 28.5 Å². The van der Waals surface area contributed by atoms with Crippen LogP contribution in [0.1, 0.15) is 28.8 Å². The summed E-state index contributed by atoms with van der Waals surface area (Å²) in [6.07, 6.45) is -2.85. The summed E-state index contributed by atoms with van der Waals surface area (Å²) >= 11 is 1.79. The Hall–Kier alpha value is -0.830. The second-order valence-corrected chi connectivity index (χ2v) is 5.97. The zero-order chi connectivity index (χ0) is 14.8. The van der Waals surface area contributed by atoms with Crippen molar-refractivity contribution in [1.29, 1.82) is 0 Å². The fourth-order valence-corrected chi connectivity index (χ4v) is 2.79. The molecule has 1 heterocycles. The summed E-state index contributed by atoms with van der Waals surface area (Å²) in [4.78, 5) is 12.0. The number of alkyl halides is 3. The topological polar surface area (TPSA) is 41.1 Å². The van der Waals surface area contributed by atoms with Crippen LogP contribution in [0.3, 0.4) is 0 Å². The van der Waals surface area contributed by atoms with Crippen LogP contribution in [0.2, 0.25) is 0 Å². The van der Waals surface area contributed by atoms with Gasteiger partial charge < -0.3 is 10.6 Å². The number of hydrogen-bond acceptors (Lipinski definition) is 2. The Labute approximate surface area is 128 Å². The van der Waals surface area contributed by atoms with Crippen LogP contribution in [0.5, 0.6) is 0 Å². The number of rotatable bonds is 2. The van der Waals surface area contributed by atoms with Crippen molar-refractivity contribution in [1.82, 2.24) is 10.6 Å². The summed E-state index contributed by atoms with van der Waals surface area (Å²) in [6, 6.07) is 3.42. The van der Waals surface area contributed by atoms with Gasteiger partial charge in [-0.2, -0.15) is 13.2 Å². The molecule has 0 saturated carbocycles. The number of carbonyl (C=O) groups excluding carboxylic acids is 1. The molecule has 1 aromatic rings. The van der Waals surface area contributed by atoms with E-state index in [0.717, 1.165) is 38.1 Å². The molecular formula is C13H14F3IN2O. The van der Waals surface area contributed by atoms with E-state index in [1.54, 1.807) is 22.6 Å². The van der Waals surface area contributed by atoms with E-state index in [-0.39, 0.29) is 11.6 Å². The molecule has 0 aliphatic carbocycles. The molecular weight excluding hydrogens is 384 g/mol. The largest absolute Gasteiger partial charge is 0.416 e. The zero-order valence-corrected chi connectivity index (χ0v) is 12.7. The predicted octanol–water partition coefficient (Wildman–Crippen LogP) is 2.79. The van der Waals surface area contributed by atoms with Crippen LogP contribution in [0.25, 0.3) is 0 Å². The van der Waals surface area contributed by atoms with Crippen LogP contribution < -0.4 is 10.6 Å². The average Bonchev–Trinajstić information content (AvgIpc) is 2.38. The standard InChI is InChI=1S/C13H14F3IN2O/c14-13(15,16)9-5-8(6-10(17)7-9)12(20)19-11-1-3-18-4-2-11/h5-7,11,18H,1-4H2,(H,19,20). The SMILES string of the molecule is O=C(NC1CCNCC1)c1cc(I)cc(C(F)(F)F)c1. The molecule has 2 rings (SSSR count). The Morgan fingerprint density at radius 3 is 2.50 bits per heavy atom. The van der Waals surface area contributed by atoms with E-state index >= 15 is 0 Å². The number of amides is 1. The molecule has 1 fully saturated rings. The van der Waals surface area contributed by atoms with E-state index in [1.165, 1.54) is 6.07 Å². The molecule has 7 heteroatoms. The molecule has 1 saturated heterocycles. The lowest BCUT2D eigenvalue weighted by molar-refractivity contribution is -0.137. The summed E-state index contributed by atoms with van der Waals surface area (Å²) in [7, 11) is 0. The quantitative estimate of drug-likeness (QED) is 0.753. The average molecular weight is 398 g/mol. The lowest BCUT2D eigenvalue weighted by Gasteiger charge is -2.23. The molecule has 1 aliphatic rings. The van der Waals surface area contributed by atoms with Crippen LogP contribution in [0.15, 0.2) is 18.2 Å². The molecule has 2 N–H and O–H groups in total. The Kier molecular flexibility index (Phi) is 4.90. The van der Waals surface area contributed by atoms with Crippen LogP contribution in [-0.4, -0.2) is 25.0 Å². The predicted molar refractivity (Wildman–Crippen MR) is 77.5 cm³/mol. The van der Waals surface area contributed by atoms with E-state index in [9.17, 15) is 18.0 Å². The summed E-state index contributed by atoms with van der Waals surface area (Å²) in [5, 5.41) is 5.96. The Morgan fingerprint density at radius 2 is 1.90 bits per heavy atom. The van der Waals surface area contributed by atoms with Gasteiger partial charge in [-0.15, -0.1) is 0 Å². The minimum Gasteiger partial charge on any atom is -0.349 e. The highest BCUT2D eigenvalue weighted by molar-refractivity contribution is 14.1. The number of hydrogen-bond donors (Lipinski definition) is 2. The van der Waals surface area contributed by atoms with Gasteiger partial charge in [0.05, 0.1) is 5.56 Å². The van der Waals surface area contributed by atoms with Crippen molar-refractivity contribution in [2.75, 3.05) is 13.1 Å². The smallest absolute Gasteiger partial charge is 0.349 e. The Morgan fingerprint density at radius 1 is 1.25 bits per heavy atom. The highest BCUT2D eigenvalue weighted by atomic mass is 127. The zero-order valence-electron chi connectivity index (χ0n) is 10.6. The molecule has 0 aromatic heterocycles. The van der Waals surface area contributed by atoms with Crippen molar-refractivity contribution in [2.45, 2.75) is 25.1 Å². The number of carbonyl (C=O) groups is 1. The number of halogens is 4. The third kappa shape index (κ3) is 4.08. The van der Waals surface area contributed by atoms with Gasteiger partial charge >= 0.3 is 6.18 Å². The van der Waals surface area contributed by atoms with Gasteiger partial charge in [0.25, 0.3) is 5.91 Å². The summed E-state index contributed by atoms with van der Waals surface area (Å²) < 4.78 is 38.6. The maximum Gasteiger partial charge on any atom is 0.416 e. The minimum atomic E-state index is -4.44. The second kappa shape index (κ2) is 6.30. The molecule has 20 heavy (non-hydrogen) atoms. The minimum absolute atomic E-state index is 0.0240. The van der Waals surface area contributed by atoms with Gasteiger partial charge in [-0.25, -0.2) is 0 Å². The number of benzene rings is 1. The summed E-state index contributed by atoms with van der Waals surface area (Å²) in [5.41, 5.74) is -0.734. The first-order valence-electron chi connectivity index (χ1n) is 6.25. The fourth-order valence-electron chi connectivity index (χ4n) is 2.12. The molecule has 0 unspecified atom stereocenters. The molecule has 0 atom stereocenters. The fraction of sp³-hybridized carbons (Fsp3) is 0.462. The molecule has 0 bridgehead atoms. The Balaban J connectivity index is 2.14. The first-order chi connectivity index (χ1) is 9.36. The highest BCUT2D eigenvalue weighted by Crippen LogP contribution is 2.31. The van der Waals surface area contributed by atoms with E-state index in [4.69, 9.17) is 0 Å². The summed E-state index contributed by atoms with van der Waals surface area (Å²) in [5.74, 6) is -0.444. The van der Waals surface area contributed by atoms with Crippen LogP contribution in [0, 0.1) is 3.57 Å². The number of nitrogens with one attached hydrogen (secondary N) is 2. The molecule has 0 spiro atoms. The van der Waals surface area contributed by atoms with Crippen molar-refractivity contribution < 1.29 is 18.0 Å². The van der Waals surface area contributed by atoms with Crippen LogP contribution >= 0.6 is 22.6 Å². The molecule has 0 radical (unpaired) electrons. The molecule has 1 amide bonds.